The zero-order chi connectivity index (χ0) is 16.7. The number of hydrogen-bond donors (Lipinski definition) is 0. The van der Waals surface area contributed by atoms with Crippen molar-refractivity contribution in [3.05, 3.63) is 36.4 Å². The van der Waals surface area contributed by atoms with Crippen LogP contribution in [0.25, 0.3) is 0 Å². The highest BCUT2D eigenvalue weighted by Gasteiger charge is 2.31. The highest BCUT2D eigenvalue weighted by Crippen LogP contribution is 2.38. The first-order valence-electron chi connectivity index (χ1n) is 8.47. The van der Waals surface area contributed by atoms with E-state index in [-0.39, 0.29) is 0 Å². The van der Waals surface area contributed by atoms with E-state index in [0.29, 0.717) is 16.9 Å². The predicted octanol–water partition coefficient (Wildman–Crippen LogP) is 2.40. The second-order valence-electron chi connectivity index (χ2n) is 6.88. The van der Waals surface area contributed by atoms with Crippen molar-refractivity contribution in [1.29, 1.82) is 0 Å². The maximum Gasteiger partial charge on any atom is 0.175 e. The molecule has 1 saturated carbocycles. The van der Waals surface area contributed by atoms with Gasteiger partial charge in [-0.05, 0) is 49.9 Å². The quantitative estimate of drug-likeness (QED) is 0.850. The molecule has 128 valence electrons. The Morgan fingerprint density at radius 2 is 1.88 bits per heavy atom. The molecule has 2 fully saturated rings. The Bertz CT molecular complexity index is 825. The third-order valence-corrected chi connectivity index (χ3v) is 6.09. The van der Waals surface area contributed by atoms with Crippen molar-refractivity contribution in [2.24, 2.45) is 0 Å². The molecule has 1 atom stereocenters. The standard InChI is InChI=1S/C17H22N4O2S/c1-24(22,23)16-8-6-14(7-9-16)20-10-2-3-13(11-20)17-19-18-12-21(17)15-4-5-15/h6-9,12-13,15H,2-5,10-11H2,1H3. The first-order valence-corrected chi connectivity index (χ1v) is 10.4. The molecule has 7 heteroatoms. The zero-order valence-electron chi connectivity index (χ0n) is 13.8. The van der Waals surface area contributed by atoms with Crippen molar-refractivity contribution in [3.63, 3.8) is 0 Å². The van der Waals surface area contributed by atoms with E-state index in [2.05, 4.69) is 19.7 Å². The summed E-state index contributed by atoms with van der Waals surface area (Å²) in [7, 11) is -3.14. The summed E-state index contributed by atoms with van der Waals surface area (Å²) in [6.07, 6.45) is 7.80. The van der Waals surface area contributed by atoms with Gasteiger partial charge in [0.05, 0.1) is 4.90 Å². The molecule has 2 aliphatic rings. The van der Waals surface area contributed by atoms with Gasteiger partial charge in [0.25, 0.3) is 0 Å². The highest BCUT2D eigenvalue weighted by molar-refractivity contribution is 7.90. The van der Waals surface area contributed by atoms with E-state index >= 15 is 0 Å². The lowest BCUT2D eigenvalue weighted by atomic mass is 9.96. The van der Waals surface area contributed by atoms with Crippen LogP contribution in [-0.4, -0.2) is 42.5 Å². The van der Waals surface area contributed by atoms with E-state index in [1.165, 1.54) is 19.1 Å². The first kappa shape index (κ1) is 15.6. The van der Waals surface area contributed by atoms with Crippen molar-refractivity contribution < 1.29 is 8.42 Å². The molecule has 0 amide bonds. The predicted molar refractivity (Wildman–Crippen MR) is 92.0 cm³/mol. The van der Waals surface area contributed by atoms with Crippen molar-refractivity contribution in [3.8, 4) is 0 Å². The van der Waals surface area contributed by atoms with Gasteiger partial charge in [-0.2, -0.15) is 0 Å². The van der Waals surface area contributed by atoms with Crippen LogP contribution in [0.3, 0.4) is 0 Å². The van der Waals surface area contributed by atoms with Gasteiger partial charge in [0.2, 0.25) is 0 Å². The van der Waals surface area contributed by atoms with Crippen molar-refractivity contribution in [1.82, 2.24) is 14.8 Å². The number of anilines is 1. The fourth-order valence-corrected chi connectivity index (χ4v) is 4.13. The van der Waals surface area contributed by atoms with E-state index in [0.717, 1.165) is 37.4 Å². The minimum atomic E-state index is -3.14. The van der Waals surface area contributed by atoms with Crippen molar-refractivity contribution in [2.75, 3.05) is 24.2 Å². The smallest absolute Gasteiger partial charge is 0.175 e. The number of nitrogens with zero attached hydrogens (tertiary/aromatic N) is 4. The minimum Gasteiger partial charge on any atom is -0.371 e. The lowest BCUT2D eigenvalue weighted by Crippen LogP contribution is -2.35. The fraction of sp³-hybridized carbons (Fsp3) is 0.529. The van der Waals surface area contributed by atoms with E-state index in [9.17, 15) is 8.42 Å². The highest BCUT2D eigenvalue weighted by atomic mass is 32.2. The molecule has 0 spiro atoms. The Balaban J connectivity index is 1.53. The minimum absolute atomic E-state index is 0.369. The molecule has 2 heterocycles. The molecule has 0 N–H and O–H groups in total. The molecule has 1 saturated heterocycles. The van der Waals surface area contributed by atoms with Crippen molar-refractivity contribution in [2.45, 2.75) is 42.5 Å². The molecule has 0 bridgehead atoms. The Hall–Kier alpha value is -1.89. The fourth-order valence-electron chi connectivity index (χ4n) is 3.50. The Morgan fingerprint density at radius 3 is 2.54 bits per heavy atom. The Morgan fingerprint density at radius 1 is 1.12 bits per heavy atom. The van der Waals surface area contributed by atoms with Crippen molar-refractivity contribution >= 4 is 15.5 Å². The van der Waals surface area contributed by atoms with Crippen LogP contribution >= 0.6 is 0 Å². The number of sulfone groups is 1. The van der Waals surface area contributed by atoms with Crippen LogP contribution in [0.5, 0.6) is 0 Å². The topological polar surface area (TPSA) is 68.1 Å². The molecule has 1 aliphatic heterocycles. The Labute approximate surface area is 142 Å². The number of benzene rings is 1. The monoisotopic (exact) mass is 346 g/mol. The van der Waals surface area contributed by atoms with Crippen LogP contribution in [0.1, 0.15) is 43.5 Å². The Kier molecular flexibility index (Phi) is 3.83. The summed E-state index contributed by atoms with van der Waals surface area (Å²) in [6.45, 7) is 1.90. The van der Waals surface area contributed by atoms with Crippen LogP contribution < -0.4 is 4.90 Å². The molecule has 1 aliphatic carbocycles. The molecule has 1 unspecified atom stereocenters. The molecular formula is C17H22N4O2S. The summed E-state index contributed by atoms with van der Waals surface area (Å²) in [4.78, 5) is 2.69. The largest absolute Gasteiger partial charge is 0.371 e. The van der Waals surface area contributed by atoms with Gasteiger partial charge in [0, 0.05) is 37.0 Å². The maximum atomic E-state index is 11.6. The molecule has 4 rings (SSSR count). The van der Waals surface area contributed by atoms with Gasteiger partial charge in [0.1, 0.15) is 12.2 Å². The summed E-state index contributed by atoms with van der Waals surface area (Å²) in [5, 5.41) is 8.51. The summed E-state index contributed by atoms with van der Waals surface area (Å²) in [6, 6.07) is 7.80. The van der Waals surface area contributed by atoms with Gasteiger partial charge in [-0.15, -0.1) is 10.2 Å². The van der Waals surface area contributed by atoms with Gasteiger partial charge in [-0.3, -0.25) is 0 Å². The SMILES string of the molecule is CS(=O)(=O)c1ccc(N2CCCC(c3nncn3C3CC3)C2)cc1. The molecule has 2 aromatic rings. The van der Waals surface area contributed by atoms with Gasteiger partial charge in [0.15, 0.2) is 9.84 Å². The first-order chi connectivity index (χ1) is 11.5. The van der Waals surface area contributed by atoms with E-state index in [4.69, 9.17) is 0 Å². The lowest BCUT2D eigenvalue weighted by Gasteiger charge is -2.34. The second kappa shape index (κ2) is 5.88. The summed E-state index contributed by atoms with van der Waals surface area (Å²) < 4.78 is 25.5. The molecule has 1 aromatic heterocycles. The normalized spacial score (nSPS) is 21.9. The van der Waals surface area contributed by atoms with E-state index in [1.807, 2.05) is 18.5 Å². The molecule has 1 aromatic carbocycles. The maximum absolute atomic E-state index is 11.6. The van der Waals surface area contributed by atoms with E-state index in [1.54, 1.807) is 12.1 Å². The average Bonchev–Trinajstić information content (AvgIpc) is 3.31. The van der Waals surface area contributed by atoms with Gasteiger partial charge < -0.3 is 9.47 Å². The van der Waals surface area contributed by atoms with Crippen LogP contribution in [0.15, 0.2) is 35.5 Å². The van der Waals surface area contributed by atoms with Gasteiger partial charge in [-0.25, -0.2) is 8.42 Å². The number of hydrogen-bond acceptors (Lipinski definition) is 5. The van der Waals surface area contributed by atoms with Gasteiger partial charge in [-0.1, -0.05) is 0 Å². The van der Waals surface area contributed by atoms with Gasteiger partial charge >= 0.3 is 0 Å². The third-order valence-electron chi connectivity index (χ3n) is 4.96. The number of piperidine rings is 1. The number of aromatic nitrogens is 3. The molecule has 24 heavy (non-hydrogen) atoms. The summed E-state index contributed by atoms with van der Waals surface area (Å²) >= 11 is 0. The number of rotatable bonds is 4. The lowest BCUT2D eigenvalue weighted by molar-refractivity contribution is 0.471. The third kappa shape index (κ3) is 3.05. The zero-order valence-corrected chi connectivity index (χ0v) is 14.6. The van der Waals surface area contributed by atoms with Crippen LogP contribution in [0.4, 0.5) is 5.69 Å². The molecule has 6 nitrogen and oxygen atoms in total. The van der Waals surface area contributed by atoms with Crippen LogP contribution in [0, 0.1) is 0 Å². The van der Waals surface area contributed by atoms with Crippen LogP contribution in [-0.2, 0) is 9.84 Å². The molecule has 0 radical (unpaired) electrons. The summed E-state index contributed by atoms with van der Waals surface area (Å²) in [5.74, 6) is 1.49. The molecular weight excluding hydrogens is 324 g/mol. The summed E-state index contributed by atoms with van der Waals surface area (Å²) in [5.41, 5.74) is 1.07. The second-order valence-corrected chi connectivity index (χ2v) is 8.89. The van der Waals surface area contributed by atoms with E-state index < -0.39 is 9.84 Å². The van der Waals surface area contributed by atoms with Crippen LogP contribution in [0.2, 0.25) is 0 Å². The average molecular weight is 346 g/mol.